The Kier molecular flexibility index (Phi) is 17.5. The summed E-state index contributed by atoms with van der Waals surface area (Å²) in [6.45, 7) is 2.38. The van der Waals surface area contributed by atoms with Crippen molar-refractivity contribution in [1.82, 2.24) is 0 Å². The third kappa shape index (κ3) is 21.2. The average Bonchev–Trinajstić information content (AvgIpc) is 2.29. The quantitative estimate of drug-likeness (QED) is 0.147. The predicted molar refractivity (Wildman–Crippen MR) is 60.0 cm³/mol. The summed E-state index contributed by atoms with van der Waals surface area (Å²) in [6, 6.07) is 0. The number of hydrogen-bond donors (Lipinski definition) is 0. The number of rotatable bonds is 13. The minimum absolute atomic E-state index is 0. The Morgan fingerprint density at radius 3 is 1.53 bits per heavy atom. The van der Waals surface area contributed by atoms with Crippen molar-refractivity contribution in [1.29, 1.82) is 0 Å². The monoisotopic (exact) mass is 310 g/mol. The van der Waals surface area contributed by atoms with Crippen LogP contribution in [0.4, 0.5) is 0 Å². The van der Waals surface area contributed by atoms with E-state index >= 15 is 0 Å². The first-order valence-corrected chi connectivity index (χ1v) is 6.72. The standard InChI is InChI=1S/C9H20O8S.Na/c1-13-2-3-14-4-5-15-6-7-16-8-9-17-18(10,11)12;/h2-9H2,1H3,(H,10,11,12);/q;+1/p-1. The van der Waals surface area contributed by atoms with Crippen LogP contribution in [0.15, 0.2) is 0 Å². The predicted octanol–water partition coefficient (Wildman–Crippen LogP) is -3.84. The van der Waals surface area contributed by atoms with Crippen LogP contribution in [0.2, 0.25) is 0 Å². The van der Waals surface area contributed by atoms with Crippen LogP contribution in [0.25, 0.3) is 0 Å². The summed E-state index contributed by atoms with van der Waals surface area (Å²) >= 11 is 0. The van der Waals surface area contributed by atoms with E-state index in [1.807, 2.05) is 0 Å². The molecule has 0 aliphatic carbocycles. The van der Waals surface area contributed by atoms with Crippen LogP contribution in [-0.4, -0.2) is 72.9 Å². The fourth-order valence-corrected chi connectivity index (χ4v) is 1.15. The van der Waals surface area contributed by atoms with Crippen LogP contribution in [0.5, 0.6) is 0 Å². The summed E-state index contributed by atoms with van der Waals surface area (Å²) in [6.07, 6.45) is 0. The molecule has 19 heavy (non-hydrogen) atoms. The van der Waals surface area contributed by atoms with Gasteiger partial charge in [0.25, 0.3) is 0 Å². The Balaban J connectivity index is 0. The van der Waals surface area contributed by atoms with Crippen molar-refractivity contribution in [3.63, 3.8) is 0 Å². The Morgan fingerprint density at radius 2 is 1.16 bits per heavy atom. The summed E-state index contributed by atoms with van der Waals surface area (Å²) in [5, 5.41) is 0. The van der Waals surface area contributed by atoms with E-state index in [9.17, 15) is 13.0 Å². The second kappa shape index (κ2) is 15.1. The van der Waals surface area contributed by atoms with E-state index in [0.717, 1.165) is 0 Å². The molecule has 0 amide bonds. The first-order chi connectivity index (χ1) is 8.56. The van der Waals surface area contributed by atoms with Crippen molar-refractivity contribution in [2.24, 2.45) is 0 Å². The van der Waals surface area contributed by atoms with Crippen molar-refractivity contribution in [3.05, 3.63) is 0 Å². The summed E-state index contributed by atoms with van der Waals surface area (Å²) in [5.41, 5.74) is 0. The van der Waals surface area contributed by atoms with Crippen molar-refractivity contribution in [2.75, 3.05) is 60.0 Å². The maximum absolute atomic E-state index is 10.0. The molecular weight excluding hydrogens is 291 g/mol. The molecule has 0 atom stereocenters. The summed E-state index contributed by atoms with van der Waals surface area (Å²) < 4.78 is 54.1. The van der Waals surface area contributed by atoms with Gasteiger partial charge in [-0.05, 0) is 0 Å². The maximum Gasteiger partial charge on any atom is 1.00 e. The SMILES string of the molecule is COCCOCCOCCOCCOS(=O)(=O)[O-].[Na+]. The van der Waals surface area contributed by atoms with Gasteiger partial charge in [0, 0.05) is 7.11 Å². The molecule has 0 spiro atoms. The zero-order chi connectivity index (χ0) is 13.7. The van der Waals surface area contributed by atoms with Gasteiger partial charge in [-0.15, -0.1) is 0 Å². The zero-order valence-electron chi connectivity index (χ0n) is 11.3. The van der Waals surface area contributed by atoms with Gasteiger partial charge in [0.1, 0.15) is 0 Å². The molecule has 0 aromatic heterocycles. The minimum atomic E-state index is -4.62. The molecule has 0 rings (SSSR count). The van der Waals surface area contributed by atoms with Gasteiger partial charge in [-0.3, -0.25) is 4.18 Å². The fourth-order valence-electron chi connectivity index (χ4n) is 0.879. The van der Waals surface area contributed by atoms with E-state index in [1.165, 1.54) is 0 Å². The van der Waals surface area contributed by atoms with E-state index in [-0.39, 0.29) is 42.8 Å². The zero-order valence-corrected chi connectivity index (χ0v) is 14.1. The van der Waals surface area contributed by atoms with E-state index in [1.54, 1.807) is 7.11 Å². The van der Waals surface area contributed by atoms with Crippen LogP contribution < -0.4 is 29.6 Å². The van der Waals surface area contributed by atoms with Gasteiger partial charge >= 0.3 is 29.6 Å². The van der Waals surface area contributed by atoms with Crippen LogP contribution in [0.1, 0.15) is 0 Å². The molecule has 0 unspecified atom stereocenters. The van der Waals surface area contributed by atoms with E-state index in [0.29, 0.717) is 39.6 Å². The van der Waals surface area contributed by atoms with Crippen LogP contribution in [0, 0.1) is 0 Å². The molecule has 0 bridgehead atoms. The number of ether oxygens (including phenoxy) is 4. The smallest absolute Gasteiger partial charge is 0.726 e. The van der Waals surface area contributed by atoms with Crippen LogP contribution >= 0.6 is 0 Å². The largest absolute Gasteiger partial charge is 1.00 e. The average molecular weight is 310 g/mol. The van der Waals surface area contributed by atoms with Crippen molar-refractivity contribution in [3.8, 4) is 0 Å². The van der Waals surface area contributed by atoms with Gasteiger partial charge < -0.3 is 23.5 Å². The Bertz CT molecular complexity index is 271. The topological polar surface area (TPSA) is 103 Å². The number of methoxy groups -OCH3 is 1. The molecular formula is C9H19NaO8S. The van der Waals surface area contributed by atoms with Crippen molar-refractivity contribution in [2.45, 2.75) is 0 Å². The number of hydrogen-bond acceptors (Lipinski definition) is 8. The van der Waals surface area contributed by atoms with Crippen LogP contribution in [-0.2, 0) is 33.5 Å². The van der Waals surface area contributed by atoms with Gasteiger partial charge in [-0.25, -0.2) is 8.42 Å². The fraction of sp³-hybridized carbons (Fsp3) is 1.00. The molecule has 0 heterocycles. The summed E-state index contributed by atoms with van der Waals surface area (Å²) in [5.74, 6) is 0. The maximum atomic E-state index is 10.0. The molecule has 0 aliphatic heterocycles. The molecule has 0 aromatic rings. The van der Waals surface area contributed by atoms with Gasteiger partial charge in [0.2, 0.25) is 10.4 Å². The third-order valence-electron chi connectivity index (χ3n) is 1.63. The van der Waals surface area contributed by atoms with E-state index in [2.05, 4.69) is 4.18 Å². The Morgan fingerprint density at radius 1 is 0.789 bits per heavy atom. The van der Waals surface area contributed by atoms with E-state index in [4.69, 9.17) is 18.9 Å². The molecule has 0 saturated heterocycles. The molecule has 0 saturated carbocycles. The molecule has 0 N–H and O–H groups in total. The molecule has 0 aromatic carbocycles. The first-order valence-electron chi connectivity index (χ1n) is 5.38. The molecule has 0 radical (unpaired) electrons. The normalized spacial score (nSPS) is 11.3. The van der Waals surface area contributed by atoms with Crippen LogP contribution in [0.3, 0.4) is 0 Å². The van der Waals surface area contributed by atoms with Gasteiger partial charge in [0.05, 0.1) is 52.9 Å². The summed E-state index contributed by atoms with van der Waals surface area (Å²) in [7, 11) is -3.03. The van der Waals surface area contributed by atoms with Crippen molar-refractivity contribution < 1.29 is 65.7 Å². The first kappa shape index (κ1) is 22.0. The van der Waals surface area contributed by atoms with Crippen molar-refractivity contribution >= 4 is 10.4 Å². The summed E-state index contributed by atoms with van der Waals surface area (Å²) in [4.78, 5) is 0. The third-order valence-corrected chi connectivity index (χ3v) is 2.09. The second-order valence-electron chi connectivity index (χ2n) is 3.06. The van der Waals surface area contributed by atoms with Gasteiger partial charge in [-0.2, -0.15) is 0 Å². The van der Waals surface area contributed by atoms with Gasteiger partial charge in [0.15, 0.2) is 0 Å². The molecule has 10 heteroatoms. The molecule has 0 fully saturated rings. The van der Waals surface area contributed by atoms with Gasteiger partial charge in [-0.1, -0.05) is 0 Å². The second-order valence-corrected chi connectivity index (χ2v) is 4.11. The Labute approximate surface area is 135 Å². The molecule has 110 valence electrons. The molecule has 8 nitrogen and oxygen atoms in total. The molecule has 0 aliphatic rings. The van der Waals surface area contributed by atoms with E-state index < -0.39 is 10.4 Å². The Hall–Kier alpha value is 0.710. The minimum Gasteiger partial charge on any atom is -0.726 e.